The third-order valence-electron chi connectivity index (χ3n) is 2.37. The number of carbonyl (C=O) groups is 2. The van der Waals surface area contributed by atoms with Crippen molar-refractivity contribution in [1.29, 1.82) is 0 Å². The number of esters is 1. The minimum Gasteiger partial charge on any atom is -0.495 e. The molecule has 0 saturated heterocycles. The van der Waals surface area contributed by atoms with Crippen molar-refractivity contribution in [3.05, 3.63) is 36.0 Å². The average molecular weight is 303 g/mol. The number of anilines is 1. The van der Waals surface area contributed by atoms with Crippen LogP contribution in [0.1, 0.15) is 10.4 Å². The Labute approximate surface area is 118 Å². The van der Waals surface area contributed by atoms with Gasteiger partial charge in [0.1, 0.15) is 5.75 Å². The summed E-state index contributed by atoms with van der Waals surface area (Å²) in [5.41, 5.74) is 0.392. The molecule has 21 heavy (non-hydrogen) atoms. The van der Waals surface area contributed by atoms with Crippen LogP contribution >= 0.6 is 0 Å². The van der Waals surface area contributed by atoms with Gasteiger partial charge in [0.2, 0.25) is 0 Å². The number of rotatable bonds is 5. The van der Waals surface area contributed by atoms with Gasteiger partial charge in [-0.1, -0.05) is 0 Å². The Bertz CT molecular complexity index is 567. The van der Waals surface area contributed by atoms with E-state index in [1.807, 2.05) is 0 Å². The Kier molecular flexibility index (Phi) is 5.34. The number of benzene rings is 1. The molecule has 0 amide bonds. The minimum absolute atomic E-state index is 0.177. The molecule has 0 fully saturated rings. The highest BCUT2D eigenvalue weighted by Crippen LogP contribution is 2.26. The molecule has 0 aliphatic rings. The van der Waals surface area contributed by atoms with Crippen LogP contribution in [0, 0.1) is 0 Å². The lowest BCUT2D eigenvalue weighted by atomic mass is 10.2. The number of ether oxygens (including phenoxy) is 2. The van der Waals surface area contributed by atoms with Crippen molar-refractivity contribution < 1.29 is 32.2 Å². The second kappa shape index (κ2) is 6.78. The maximum atomic E-state index is 12.0. The zero-order valence-corrected chi connectivity index (χ0v) is 11.2. The summed E-state index contributed by atoms with van der Waals surface area (Å²) in [6.45, 7) is 0. The lowest BCUT2D eigenvalue weighted by Gasteiger charge is -2.09. The lowest BCUT2D eigenvalue weighted by Crippen LogP contribution is -2.20. The van der Waals surface area contributed by atoms with E-state index in [0.717, 1.165) is 6.20 Å². The molecule has 0 atom stereocenters. The van der Waals surface area contributed by atoms with Gasteiger partial charge in [0.15, 0.2) is 0 Å². The first kappa shape index (κ1) is 16.5. The Morgan fingerprint density at radius 3 is 2.43 bits per heavy atom. The van der Waals surface area contributed by atoms with Crippen molar-refractivity contribution in [2.24, 2.45) is 0 Å². The number of allylic oxidation sites excluding steroid dienone is 1. The van der Waals surface area contributed by atoms with Crippen LogP contribution in [0.15, 0.2) is 30.5 Å². The van der Waals surface area contributed by atoms with Crippen LogP contribution in [0.3, 0.4) is 0 Å². The molecule has 0 saturated carbocycles. The molecule has 0 radical (unpaired) electrons. The van der Waals surface area contributed by atoms with E-state index < -0.39 is 17.9 Å². The topological polar surface area (TPSA) is 64.6 Å². The molecule has 8 heteroatoms. The smallest absolute Gasteiger partial charge is 0.454 e. The van der Waals surface area contributed by atoms with E-state index in [0.29, 0.717) is 6.08 Å². The number of halogens is 3. The van der Waals surface area contributed by atoms with Crippen molar-refractivity contribution in [2.45, 2.75) is 6.18 Å². The van der Waals surface area contributed by atoms with Gasteiger partial charge >= 0.3 is 12.1 Å². The van der Waals surface area contributed by atoms with Gasteiger partial charge in [-0.3, -0.25) is 4.79 Å². The fraction of sp³-hybridized carbons (Fsp3) is 0.231. The van der Waals surface area contributed by atoms with Gasteiger partial charge in [-0.15, -0.1) is 0 Å². The first-order valence-corrected chi connectivity index (χ1v) is 5.60. The van der Waals surface area contributed by atoms with Gasteiger partial charge < -0.3 is 14.8 Å². The predicted molar refractivity (Wildman–Crippen MR) is 68.2 cm³/mol. The van der Waals surface area contributed by atoms with Crippen LogP contribution < -0.4 is 10.1 Å². The molecule has 114 valence electrons. The summed E-state index contributed by atoms with van der Waals surface area (Å²) in [7, 11) is 2.55. The molecule has 1 N–H and O–H groups in total. The van der Waals surface area contributed by atoms with Crippen LogP contribution in [0.4, 0.5) is 18.9 Å². The molecule has 1 aromatic rings. The Morgan fingerprint density at radius 1 is 1.24 bits per heavy atom. The van der Waals surface area contributed by atoms with Crippen molar-refractivity contribution in [1.82, 2.24) is 0 Å². The van der Waals surface area contributed by atoms with Gasteiger partial charge in [0.25, 0.3) is 5.78 Å². The highest BCUT2D eigenvalue weighted by molar-refractivity contribution is 5.95. The van der Waals surface area contributed by atoms with E-state index >= 15 is 0 Å². The molecule has 1 aromatic carbocycles. The van der Waals surface area contributed by atoms with Crippen molar-refractivity contribution >= 4 is 17.4 Å². The van der Waals surface area contributed by atoms with E-state index in [1.165, 1.54) is 32.4 Å². The summed E-state index contributed by atoms with van der Waals surface area (Å²) in [6.07, 6.45) is -3.78. The zero-order valence-electron chi connectivity index (χ0n) is 11.2. The molecule has 0 heterocycles. The van der Waals surface area contributed by atoms with Crippen molar-refractivity contribution in [3.8, 4) is 5.75 Å². The first-order chi connectivity index (χ1) is 9.79. The predicted octanol–water partition coefficient (Wildman–Crippen LogP) is 2.54. The maximum absolute atomic E-state index is 12.0. The number of hydrogen-bond acceptors (Lipinski definition) is 5. The SMILES string of the molecule is COC(=O)c1ccc(OC)c(N/C=C\C(=O)C(F)(F)F)c1. The second-order valence-corrected chi connectivity index (χ2v) is 3.75. The number of carbonyl (C=O) groups excluding carboxylic acids is 2. The zero-order chi connectivity index (χ0) is 16.0. The lowest BCUT2D eigenvalue weighted by molar-refractivity contribution is -0.165. The quantitative estimate of drug-likeness (QED) is 0.669. The normalized spacial score (nSPS) is 11.3. The molecule has 0 aliphatic heterocycles. The van der Waals surface area contributed by atoms with E-state index in [2.05, 4.69) is 10.1 Å². The fourth-order valence-electron chi connectivity index (χ4n) is 1.37. The van der Waals surface area contributed by atoms with Gasteiger partial charge in [-0.25, -0.2) is 4.79 Å². The third kappa shape index (κ3) is 4.51. The van der Waals surface area contributed by atoms with Crippen molar-refractivity contribution in [3.63, 3.8) is 0 Å². The van der Waals surface area contributed by atoms with Crippen LogP contribution in [-0.2, 0) is 9.53 Å². The molecule has 0 spiro atoms. The second-order valence-electron chi connectivity index (χ2n) is 3.75. The van der Waals surface area contributed by atoms with Gasteiger partial charge in [0, 0.05) is 12.3 Å². The van der Waals surface area contributed by atoms with Crippen LogP contribution in [0.5, 0.6) is 5.75 Å². The van der Waals surface area contributed by atoms with E-state index in [9.17, 15) is 22.8 Å². The molecule has 0 unspecified atom stereocenters. The van der Waals surface area contributed by atoms with Gasteiger partial charge in [-0.05, 0) is 18.2 Å². The monoisotopic (exact) mass is 303 g/mol. The Balaban J connectivity index is 2.93. The third-order valence-corrected chi connectivity index (χ3v) is 2.37. The summed E-state index contributed by atoms with van der Waals surface area (Å²) in [4.78, 5) is 22.0. The summed E-state index contributed by atoms with van der Waals surface area (Å²) >= 11 is 0. The van der Waals surface area contributed by atoms with E-state index in [1.54, 1.807) is 0 Å². The molecule has 0 aromatic heterocycles. The summed E-state index contributed by atoms with van der Waals surface area (Å²) in [6, 6.07) is 4.20. The molecule has 0 bridgehead atoms. The van der Waals surface area contributed by atoms with Crippen molar-refractivity contribution in [2.75, 3.05) is 19.5 Å². The Hall–Kier alpha value is -2.51. The largest absolute Gasteiger partial charge is 0.495 e. The van der Waals surface area contributed by atoms with Crippen LogP contribution in [0.2, 0.25) is 0 Å². The highest BCUT2D eigenvalue weighted by Gasteiger charge is 2.36. The highest BCUT2D eigenvalue weighted by atomic mass is 19.4. The first-order valence-electron chi connectivity index (χ1n) is 5.60. The molecule has 1 rings (SSSR count). The van der Waals surface area contributed by atoms with Gasteiger partial charge in [-0.2, -0.15) is 13.2 Å². The molecular weight excluding hydrogens is 291 g/mol. The number of methoxy groups -OCH3 is 2. The summed E-state index contributed by atoms with van der Waals surface area (Å²) in [5.74, 6) is -2.33. The van der Waals surface area contributed by atoms with Crippen LogP contribution in [-0.4, -0.2) is 32.1 Å². The van der Waals surface area contributed by atoms with E-state index in [4.69, 9.17) is 4.74 Å². The summed E-state index contributed by atoms with van der Waals surface area (Å²) < 4.78 is 45.6. The molecule has 0 aliphatic carbocycles. The van der Waals surface area contributed by atoms with Gasteiger partial charge in [0.05, 0.1) is 25.5 Å². The number of hydrogen-bond donors (Lipinski definition) is 1. The molecular formula is C13H12F3NO4. The fourth-order valence-corrected chi connectivity index (χ4v) is 1.37. The Morgan fingerprint density at radius 2 is 1.90 bits per heavy atom. The number of ketones is 1. The number of nitrogens with one attached hydrogen (secondary N) is 1. The summed E-state index contributed by atoms with van der Waals surface area (Å²) in [5, 5.41) is 2.45. The standard InChI is InChI=1S/C13H12F3NO4/c1-20-10-4-3-8(12(19)21-2)7-9(10)17-6-5-11(18)13(14,15)16/h3-7,17H,1-2H3/b6-5-. The average Bonchev–Trinajstić information content (AvgIpc) is 2.45. The maximum Gasteiger partial charge on any atom is 0.454 e. The minimum atomic E-state index is -4.93. The number of alkyl halides is 3. The van der Waals surface area contributed by atoms with E-state index in [-0.39, 0.29) is 17.0 Å². The molecule has 5 nitrogen and oxygen atoms in total. The van der Waals surface area contributed by atoms with Crippen LogP contribution in [0.25, 0.3) is 0 Å².